The van der Waals surface area contributed by atoms with E-state index in [0.29, 0.717) is 5.69 Å². The predicted molar refractivity (Wildman–Crippen MR) is 68.1 cm³/mol. The van der Waals surface area contributed by atoms with E-state index in [1.807, 2.05) is 18.2 Å². The Bertz CT molecular complexity index is 596. The molecule has 1 amide bonds. The maximum Gasteiger partial charge on any atom is 0.325 e. The Morgan fingerprint density at radius 1 is 1.30 bits per heavy atom. The van der Waals surface area contributed by atoms with Crippen LogP contribution in [-0.4, -0.2) is 45.2 Å². The van der Waals surface area contributed by atoms with Crippen LogP contribution in [-0.2, 0) is 9.53 Å². The van der Waals surface area contributed by atoms with E-state index >= 15 is 0 Å². The number of aromatic nitrogens is 4. The lowest BCUT2D eigenvalue weighted by atomic mass is 10.3. The molecule has 1 aromatic heterocycles. The number of amides is 1. The molecule has 0 spiro atoms. The predicted octanol–water partition coefficient (Wildman–Crippen LogP) is -0.0448. The number of tetrazole rings is 1. The average Bonchev–Trinajstić information content (AvgIpc) is 2.96. The number of hydrogen-bond acceptors (Lipinski definition) is 6. The zero-order valence-electron chi connectivity index (χ0n) is 10.8. The summed E-state index contributed by atoms with van der Waals surface area (Å²) in [7, 11) is 0. The minimum Gasteiger partial charge on any atom is -0.465 e. The molecule has 1 aromatic carbocycles. The van der Waals surface area contributed by atoms with Crippen LogP contribution in [0.4, 0.5) is 0 Å². The monoisotopic (exact) mass is 275 g/mol. The minimum atomic E-state index is -0.583. The normalized spacial score (nSPS) is 10.1. The highest BCUT2D eigenvalue weighted by Crippen LogP contribution is 2.02. The van der Waals surface area contributed by atoms with Gasteiger partial charge in [-0.05, 0) is 24.3 Å². The Hall–Kier alpha value is -2.77. The van der Waals surface area contributed by atoms with E-state index in [-0.39, 0.29) is 19.0 Å². The van der Waals surface area contributed by atoms with E-state index in [2.05, 4.69) is 25.5 Å². The number of carbonyl (C=O) groups is 2. The number of benzene rings is 1. The summed E-state index contributed by atoms with van der Waals surface area (Å²) < 4.78 is 4.69. The van der Waals surface area contributed by atoms with Crippen LogP contribution in [0, 0.1) is 0 Å². The summed E-state index contributed by atoms with van der Waals surface area (Å²) >= 11 is 0. The summed E-state index contributed by atoms with van der Waals surface area (Å²) in [6, 6.07) is 9.05. The fraction of sp³-hybridized carbons (Fsp3) is 0.250. The fourth-order valence-electron chi connectivity index (χ4n) is 1.42. The Morgan fingerprint density at radius 3 is 2.75 bits per heavy atom. The highest BCUT2D eigenvalue weighted by molar-refractivity contribution is 5.92. The van der Waals surface area contributed by atoms with Crippen molar-refractivity contribution in [3.63, 3.8) is 0 Å². The first kappa shape index (κ1) is 13.7. The van der Waals surface area contributed by atoms with Crippen molar-refractivity contribution in [2.45, 2.75) is 6.92 Å². The second-order valence-corrected chi connectivity index (χ2v) is 3.73. The standard InChI is InChI=1S/C12H13N5O3/c1-2-20-10(18)8-13-12(19)11-14-16-17(15-11)9-6-4-3-5-7-9/h3-7H,2,8H2,1H3,(H,13,19). The molecule has 2 aromatic rings. The number of nitrogens with zero attached hydrogens (tertiary/aromatic N) is 4. The zero-order chi connectivity index (χ0) is 14.4. The SMILES string of the molecule is CCOC(=O)CNC(=O)c1nnn(-c2ccccc2)n1. The van der Waals surface area contributed by atoms with Gasteiger partial charge in [-0.3, -0.25) is 9.59 Å². The van der Waals surface area contributed by atoms with E-state index in [9.17, 15) is 9.59 Å². The van der Waals surface area contributed by atoms with E-state index in [1.54, 1.807) is 19.1 Å². The summed E-state index contributed by atoms with van der Waals surface area (Å²) in [6.45, 7) is 1.72. The first-order valence-electron chi connectivity index (χ1n) is 6.00. The van der Waals surface area contributed by atoms with Crippen LogP contribution in [0.15, 0.2) is 30.3 Å². The second-order valence-electron chi connectivity index (χ2n) is 3.73. The van der Waals surface area contributed by atoms with Crippen molar-refractivity contribution in [2.24, 2.45) is 0 Å². The molecule has 0 fully saturated rings. The number of rotatable bonds is 5. The largest absolute Gasteiger partial charge is 0.465 e. The molecule has 0 saturated heterocycles. The third-order valence-corrected chi connectivity index (χ3v) is 2.30. The van der Waals surface area contributed by atoms with Gasteiger partial charge in [-0.15, -0.1) is 15.0 Å². The van der Waals surface area contributed by atoms with Crippen LogP contribution in [0.25, 0.3) is 5.69 Å². The topological polar surface area (TPSA) is 99.0 Å². The van der Waals surface area contributed by atoms with Crippen LogP contribution in [0.2, 0.25) is 0 Å². The summed E-state index contributed by atoms with van der Waals surface area (Å²) in [4.78, 5) is 24.0. The third kappa shape index (κ3) is 3.37. The van der Waals surface area contributed by atoms with Crippen molar-refractivity contribution < 1.29 is 14.3 Å². The Labute approximate surface area is 114 Å². The van der Waals surface area contributed by atoms with Gasteiger partial charge in [0.05, 0.1) is 12.3 Å². The van der Waals surface area contributed by atoms with Gasteiger partial charge in [-0.2, -0.15) is 0 Å². The van der Waals surface area contributed by atoms with Crippen LogP contribution in [0.1, 0.15) is 17.5 Å². The van der Waals surface area contributed by atoms with Gasteiger partial charge in [0.25, 0.3) is 11.7 Å². The highest BCUT2D eigenvalue weighted by Gasteiger charge is 2.14. The number of hydrogen-bond donors (Lipinski definition) is 1. The lowest BCUT2D eigenvalue weighted by molar-refractivity contribution is -0.141. The molecule has 0 aliphatic heterocycles. The molecule has 0 radical (unpaired) electrons. The number of esters is 1. The Kier molecular flexibility index (Phi) is 4.38. The third-order valence-electron chi connectivity index (χ3n) is 2.30. The molecule has 0 aliphatic carbocycles. The van der Waals surface area contributed by atoms with Gasteiger partial charge in [0.1, 0.15) is 6.54 Å². The maximum absolute atomic E-state index is 11.7. The minimum absolute atomic E-state index is 0.113. The summed E-state index contributed by atoms with van der Waals surface area (Å²) in [5, 5.41) is 13.7. The van der Waals surface area contributed by atoms with Gasteiger partial charge in [-0.25, -0.2) is 0 Å². The highest BCUT2D eigenvalue weighted by atomic mass is 16.5. The Morgan fingerprint density at radius 2 is 2.05 bits per heavy atom. The molecule has 8 nitrogen and oxygen atoms in total. The van der Waals surface area contributed by atoms with Gasteiger partial charge < -0.3 is 10.1 Å². The number of para-hydroxylation sites is 1. The Balaban J connectivity index is 1.98. The van der Waals surface area contributed by atoms with Crippen LogP contribution < -0.4 is 5.32 Å². The van der Waals surface area contributed by atoms with Crippen LogP contribution in [0.5, 0.6) is 0 Å². The molecule has 104 valence electrons. The van der Waals surface area contributed by atoms with Gasteiger partial charge in [0.15, 0.2) is 0 Å². The molecule has 0 aliphatic rings. The van der Waals surface area contributed by atoms with Gasteiger partial charge in [0, 0.05) is 0 Å². The molecule has 0 saturated carbocycles. The summed E-state index contributed by atoms with van der Waals surface area (Å²) in [6.07, 6.45) is 0. The van der Waals surface area contributed by atoms with Crippen LogP contribution in [0.3, 0.4) is 0 Å². The van der Waals surface area contributed by atoms with Crippen LogP contribution >= 0.6 is 0 Å². The van der Waals surface area contributed by atoms with Crippen molar-refractivity contribution in [1.82, 2.24) is 25.5 Å². The van der Waals surface area contributed by atoms with Crippen molar-refractivity contribution in [3.05, 3.63) is 36.2 Å². The van der Waals surface area contributed by atoms with Crippen molar-refractivity contribution >= 4 is 11.9 Å². The maximum atomic E-state index is 11.7. The van der Waals surface area contributed by atoms with Gasteiger partial charge in [-0.1, -0.05) is 18.2 Å². The molecule has 20 heavy (non-hydrogen) atoms. The van der Waals surface area contributed by atoms with Gasteiger partial charge in [0.2, 0.25) is 0 Å². The molecule has 0 unspecified atom stereocenters. The van der Waals surface area contributed by atoms with E-state index in [1.165, 1.54) is 4.80 Å². The molecule has 1 heterocycles. The first-order valence-corrected chi connectivity index (χ1v) is 6.00. The molecule has 2 rings (SSSR count). The molecule has 1 N–H and O–H groups in total. The van der Waals surface area contributed by atoms with E-state index in [0.717, 1.165) is 0 Å². The lowest BCUT2D eigenvalue weighted by Crippen LogP contribution is -2.31. The number of nitrogens with one attached hydrogen (secondary N) is 1. The molecule has 0 bridgehead atoms. The fourth-order valence-corrected chi connectivity index (χ4v) is 1.42. The average molecular weight is 275 g/mol. The molecule has 8 heteroatoms. The van der Waals surface area contributed by atoms with Crippen molar-refractivity contribution in [2.75, 3.05) is 13.2 Å². The van der Waals surface area contributed by atoms with Gasteiger partial charge >= 0.3 is 5.97 Å². The molecule has 0 atom stereocenters. The second kappa shape index (κ2) is 6.41. The summed E-state index contributed by atoms with van der Waals surface area (Å²) in [5.41, 5.74) is 0.685. The first-order chi connectivity index (χ1) is 9.70. The van der Waals surface area contributed by atoms with Crippen molar-refractivity contribution in [3.8, 4) is 5.69 Å². The molecular weight excluding hydrogens is 262 g/mol. The molecular formula is C12H13N5O3. The van der Waals surface area contributed by atoms with E-state index in [4.69, 9.17) is 0 Å². The quantitative estimate of drug-likeness (QED) is 0.768. The number of carbonyl (C=O) groups excluding carboxylic acids is 2. The lowest BCUT2D eigenvalue weighted by Gasteiger charge is -2.01. The number of ether oxygens (including phenoxy) is 1. The van der Waals surface area contributed by atoms with Crippen molar-refractivity contribution in [1.29, 1.82) is 0 Å². The zero-order valence-corrected chi connectivity index (χ0v) is 10.8. The van der Waals surface area contributed by atoms with E-state index < -0.39 is 11.9 Å². The summed E-state index contributed by atoms with van der Waals surface area (Å²) in [5.74, 6) is -1.21. The smallest absolute Gasteiger partial charge is 0.325 e.